The Labute approximate surface area is 101 Å². The Morgan fingerprint density at radius 2 is 1.94 bits per heavy atom. The zero-order valence-corrected chi connectivity index (χ0v) is 10.2. The lowest BCUT2D eigenvalue weighted by molar-refractivity contribution is 0.528. The second kappa shape index (κ2) is 7.58. The molecule has 0 amide bonds. The standard InChI is InChI=1S/C12H17F2N.ClH/c1-2-3-4-5-12(15)10-8-9(13)6-7-11(10)14;/h6-8,12H,2-5,15H2,1H3;1H/t12-;/m1./s1. The molecular weight excluding hydrogens is 232 g/mol. The highest BCUT2D eigenvalue weighted by molar-refractivity contribution is 5.85. The molecule has 0 heterocycles. The van der Waals surface area contributed by atoms with E-state index in [0.717, 1.165) is 31.4 Å². The van der Waals surface area contributed by atoms with Crippen molar-refractivity contribution in [2.24, 2.45) is 5.73 Å². The van der Waals surface area contributed by atoms with Gasteiger partial charge in [-0.15, -0.1) is 12.4 Å². The van der Waals surface area contributed by atoms with Gasteiger partial charge in [-0.2, -0.15) is 0 Å². The molecule has 0 radical (unpaired) electrons. The molecular formula is C12H18ClF2N. The molecule has 1 nitrogen and oxygen atoms in total. The van der Waals surface area contributed by atoms with E-state index in [-0.39, 0.29) is 18.0 Å². The van der Waals surface area contributed by atoms with Crippen molar-refractivity contribution in [2.45, 2.75) is 38.6 Å². The van der Waals surface area contributed by atoms with Crippen LogP contribution in [0.4, 0.5) is 8.78 Å². The van der Waals surface area contributed by atoms with E-state index in [1.165, 1.54) is 6.07 Å². The van der Waals surface area contributed by atoms with E-state index < -0.39 is 17.7 Å². The second-order valence-electron chi connectivity index (χ2n) is 3.77. The van der Waals surface area contributed by atoms with Gasteiger partial charge >= 0.3 is 0 Å². The summed E-state index contributed by atoms with van der Waals surface area (Å²) in [5, 5.41) is 0. The second-order valence-corrected chi connectivity index (χ2v) is 3.77. The average molecular weight is 250 g/mol. The van der Waals surface area contributed by atoms with Gasteiger partial charge < -0.3 is 5.73 Å². The molecule has 2 N–H and O–H groups in total. The van der Waals surface area contributed by atoms with E-state index in [2.05, 4.69) is 6.92 Å². The predicted octanol–water partition coefficient (Wildman–Crippen LogP) is 3.97. The molecule has 0 aliphatic carbocycles. The lowest BCUT2D eigenvalue weighted by atomic mass is 10.0. The van der Waals surface area contributed by atoms with Crippen LogP contribution in [0.1, 0.15) is 44.2 Å². The van der Waals surface area contributed by atoms with E-state index in [0.29, 0.717) is 6.42 Å². The maximum atomic E-state index is 13.3. The van der Waals surface area contributed by atoms with Gasteiger partial charge in [0, 0.05) is 11.6 Å². The minimum absolute atomic E-state index is 0. The molecule has 0 saturated carbocycles. The van der Waals surface area contributed by atoms with Crippen molar-refractivity contribution in [3.8, 4) is 0 Å². The van der Waals surface area contributed by atoms with Crippen LogP contribution < -0.4 is 5.73 Å². The highest BCUT2D eigenvalue weighted by atomic mass is 35.5. The van der Waals surface area contributed by atoms with E-state index >= 15 is 0 Å². The van der Waals surface area contributed by atoms with Crippen molar-refractivity contribution in [3.63, 3.8) is 0 Å². The van der Waals surface area contributed by atoms with Gasteiger partial charge in [0.05, 0.1) is 0 Å². The molecule has 0 aromatic heterocycles. The Morgan fingerprint density at radius 3 is 2.56 bits per heavy atom. The predicted molar refractivity (Wildman–Crippen MR) is 64.7 cm³/mol. The summed E-state index contributed by atoms with van der Waals surface area (Å²) in [6.07, 6.45) is 3.82. The van der Waals surface area contributed by atoms with E-state index in [9.17, 15) is 8.78 Å². The van der Waals surface area contributed by atoms with Crippen LogP contribution in [-0.2, 0) is 0 Å². The van der Waals surface area contributed by atoms with Gasteiger partial charge in [-0.3, -0.25) is 0 Å². The van der Waals surface area contributed by atoms with Gasteiger partial charge in [0.15, 0.2) is 0 Å². The monoisotopic (exact) mass is 249 g/mol. The van der Waals surface area contributed by atoms with Gasteiger partial charge in [-0.1, -0.05) is 26.2 Å². The minimum Gasteiger partial charge on any atom is -0.324 e. The zero-order valence-electron chi connectivity index (χ0n) is 9.38. The van der Waals surface area contributed by atoms with Crippen LogP contribution in [-0.4, -0.2) is 0 Å². The van der Waals surface area contributed by atoms with Crippen LogP contribution >= 0.6 is 12.4 Å². The normalized spacial score (nSPS) is 12.0. The van der Waals surface area contributed by atoms with Crippen molar-refractivity contribution in [3.05, 3.63) is 35.4 Å². The molecule has 1 aromatic carbocycles. The van der Waals surface area contributed by atoms with Crippen LogP contribution in [0, 0.1) is 11.6 Å². The first kappa shape index (κ1) is 15.3. The fraction of sp³-hybridized carbons (Fsp3) is 0.500. The Kier molecular flexibility index (Phi) is 7.26. The maximum absolute atomic E-state index is 13.3. The smallest absolute Gasteiger partial charge is 0.128 e. The molecule has 16 heavy (non-hydrogen) atoms. The van der Waals surface area contributed by atoms with Crippen LogP contribution in [0.5, 0.6) is 0 Å². The Balaban J connectivity index is 0.00000225. The molecule has 1 atom stereocenters. The van der Waals surface area contributed by atoms with E-state index in [4.69, 9.17) is 5.73 Å². The molecule has 0 spiro atoms. The number of halogens is 3. The molecule has 0 saturated heterocycles. The van der Waals surface area contributed by atoms with E-state index in [1.54, 1.807) is 0 Å². The number of benzene rings is 1. The largest absolute Gasteiger partial charge is 0.324 e. The number of nitrogens with two attached hydrogens (primary N) is 1. The van der Waals surface area contributed by atoms with Gasteiger partial charge in [-0.25, -0.2) is 8.78 Å². The Morgan fingerprint density at radius 1 is 1.25 bits per heavy atom. The molecule has 0 bridgehead atoms. The topological polar surface area (TPSA) is 26.0 Å². The van der Waals surface area contributed by atoms with Crippen molar-refractivity contribution in [2.75, 3.05) is 0 Å². The Bertz CT molecular complexity index is 318. The molecule has 4 heteroatoms. The van der Waals surface area contributed by atoms with Crippen LogP contribution in [0.25, 0.3) is 0 Å². The maximum Gasteiger partial charge on any atom is 0.128 e. The molecule has 92 valence electrons. The molecule has 1 rings (SSSR count). The van der Waals surface area contributed by atoms with E-state index in [1.807, 2.05) is 0 Å². The van der Waals surface area contributed by atoms with Crippen LogP contribution in [0.15, 0.2) is 18.2 Å². The fourth-order valence-electron chi connectivity index (χ4n) is 1.57. The molecule has 1 aromatic rings. The molecule has 0 fully saturated rings. The third-order valence-corrected chi connectivity index (χ3v) is 2.48. The SMILES string of the molecule is CCCCC[C@@H](N)c1cc(F)ccc1F.Cl. The lowest BCUT2D eigenvalue weighted by Crippen LogP contribution is -2.12. The summed E-state index contributed by atoms with van der Waals surface area (Å²) in [5.74, 6) is -0.849. The summed E-state index contributed by atoms with van der Waals surface area (Å²) < 4.78 is 26.2. The van der Waals surface area contributed by atoms with Crippen molar-refractivity contribution in [1.82, 2.24) is 0 Å². The summed E-state index contributed by atoms with van der Waals surface area (Å²) >= 11 is 0. The minimum atomic E-state index is -0.433. The first-order valence-corrected chi connectivity index (χ1v) is 5.35. The third kappa shape index (κ3) is 4.45. The summed E-state index contributed by atoms with van der Waals surface area (Å²) in [5.41, 5.74) is 6.08. The van der Waals surface area contributed by atoms with Crippen molar-refractivity contribution >= 4 is 12.4 Å². The zero-order chi connectivity index (χ0) is 11.3. The first-order chi connectivity index (χ1) is 7.15. The number of hydrogen-bond donors (Lipinski definition) is 1. The highest BCUT2D eigenvalue weighted by Crippen LogP contribution is 2.21. The summed E-state index contributed by atoms with van der Waals surface area (Å²) in [7, 11) is 0. The fourth-order valence-corrected chi connectivity index (χ4v) is 1.57. The summed E-state index contributed by atoms with van der Waals surface area (Å²) in [6, 6.07) is 3.03. The Hall–Kier alpha value is -0.670. The third-order valence-electron chi connectivity index (χ3n) is 2.48. The average Bonchev–Trinajstić information content (AvgIpc) is 2.22. The van der Waals surface area contributed by atoms with Crippen molar-refractivity contribution in [1.29, 1.82) is 0 Å². The summed E-state index contributed by atoms with van der Waals surface area (Å²) in [4.78, 5) is 0. The van der Waals surface area contributed by atoms with Gasteiger partial charge in [-0.05, 0) is 24.6 Å². The van der Waals surface area contributed by atoms with Crippen LogP contribution in [0.2, 0.25) is 0 Å². The quantitative estimate of drug-likeness (QED) is 0.786. The number of unbranched alkanes of at least 4 members (excludes halogenated alkanes) is 2. The number of hydrogen-bond acceptors (Lipinski definition) is 1. The molecule has 0 aliphatic heterocycles. The lowest BCUT2D eigenvalue weighted by Gasteiger charge is -2.12. The van der Waals surface area contributed by atoms with Crippen LogP contribution in [0.3, 0.4) is 0 Å². The molecule has 0 aliphatic rings. The highest BCUT2D eigenvalue weighted by Gasteiger charge is 2.11. The van der Waals surface area contributed by atoms with Gasteiger partial charge in [0.2, 0.25) is 0 Å². The molecule has 0 unspecified atom stereocenters. The van der Waals surface area contributed by atoms with Gasteiger partial charge in [0.25, 0.3) is 0 Å². The first-order valence-electron chi connectivity index (χ1n) is 5.35. The number of rotatable bonds is 5. The van der Waals surface area contributed by atoms with Crippen molar-refractivity contribution < 1.29 is 8.78 Å². The summed E-state index contributed by atoms with van der Waals surface area (Å²) in [6.45, 7) is 2.09. The van der Waals surface area contributed by atoms with Gasteiger partial charge in [0.1, 0.15) is 11.6 Å².